The number of carbonyl (C=O) groups excluding carboxylic acids is 4. The van der Waals surface area contributed by atoms with Crippen molar-refractivity contribution in [3.63, 3.8) is 0 Å². The molecule has 13 heteroatoms. The summed E-state index contributed by atoms with van der Waals surface area (Å²) in [5, 5.41) is 12.4. The zero-order valence-electron chi connectivity index (χ0n) is 13.6. The van der Waals surface area contributed by atoms with Crippen molar-refractivity contribution in [3.8, 4) is 0 Å². The number of thiazole rings is 1. The maximum absolute atomic E-state index is 12.4. The lowest BCUT2D eigenvalue weighted by Gasteiger charge is -2.34. The summed E-state index contributed by atoms with van der Waals surface area (Å²) in [7, 11) is 2.39. The molecule has 0 aromatic carbocycles. The summed E-state index contributed by atoms with van der Waals surface area (Å²) in [4.78, 5) is 55.5. The van der Waals surface area contributed by atoms with Gasteiger partial charge in [-0.25, -0.2) is 9.78 Å². The van der Waals surface area contributed by atoms with Gasteiger partial charge in [-0.15, -0.1) is 22.9 Å². The van der Waals surface area contributed by atoms with Crippen molar-refractivity contribution >= 4 is 57.5 Å². The number of carbonyl (C=O) groups is 4. The van der Waals surface area contributed by atoms with Gasteiger partial charge in [-0.2, -0.15) is 0 Å². The zero-order chi connectivity index (χ0) is 19.3. The van der Waals surface area contributed by atoms with E-state index >= 15 is 0 Å². The lowest BCUT2D eigenvalue weighted by Crippen LogP contribution is -2.72. The first-order valence-corrected chi connectivity index (χ1v) is 8.44. The number of halogens is 1. The van der Waals surface area contributed by atoms with E-state index in [1.54, 1.807) is 0 Å². The molecular formula is C13H14ClN5O6S. The van der Waals surface area contributed by atoms with Crippen LogP contribution in [0.25, 0.3) is 0 Å². The fraction of sp³-hybridized carbons (Fsp3) is 0.385. The third-order valence-corrected chi connectivity index (χ3v) is 4.17. The number of nitrogens with one attached hydrogen (secondary N) is 3. The van der Waals surface area contributed by atoms with E-state index in [1.165, 1.54) is 12.5 Å². The number of hydrogen-bond acceptors (Lipinski definition) is 9. The Morgan fingerprint density at radius 3 is 2.73 bits per heavy atom. The quantitative estimate of drug-likeness (QED) is 0.171. The lowest BCUT2D eigenvalue weighted by atomic mass is 9.99. The maximum Gasteiger partial charge on any atom is 0.331 e. The Balaban J connectivity index is 2.13. The van der Waals surface area contributed by atoms with E-state index in [4.69, 9.17) is 11.6 Å². The van der Waals surface area contributed by atoms with Gasteiger partial charge in [-0.05, 0) is 0 Å². The number of esters is 1. The number of hydrogen-bond donors (Lipinski definition) is 3. The standard InChI is InChI=1S/C13H14ClN5O6S/c1-24-12(23)9-8(11(22)18-9)17-10(21)7(19-25-2)5-4-26-13(15-5)16-6(20)3-14/h4,8-9H,3H2,1-2H3,(H,17,21)(H,18,22)(H,15,16,20)/t8-,9-/m0/s1. The van der Waals surface area contributed by atoms with Crippen LogP contribution in [-0.4, -0.2) is 66.6 Å². The number of aromatic nitrogens is 1. The SMILES string of the molecule is CON=C(C(=O)N[C@@H]1C(=O)N[C@@H]1C(=O)OC)c1csc(NC(=O)CCl)n1. The Kier molecular flexibility index (Phi) is 6.46. The van der Waals surface area contributed by atoms with Crippen molar-refractivity contribution in [2.75, 3.05) is 25.4 Å². The van der Waals surface area contributed by atoms with E-state index in [1.807, 2.05) is 0 Å². The number of rotatable bonds is 7. The summed E-state index contributed by atoms with van der Waals surface area (Å²) in [6.07, 6.45) is 0. The van der Waals surface area contributed by atoms with Gasteiger partial charge in [0.1, 0.15) is 24.7 Å². The molecule has 11 nitrogen and oxygen atoms in total. The van der Waals surface area contributed by atoms with Gasteiger partial charge < -0.3 is 25.5 Å². The van der Waals surface area contributed by atoms with E-state index < -0.39 is 35.8 Å². The third-order valence-electron chi connectivity index (χ3n) is 3.17. The average molecular weight is 404 g/mol. The van der Waals surface area contributed by atoms with Crippen LogP contribution in [0.5, 0.6) is 0 Å². The molecule has 140 valence electrons. The second-order valence-corrected chi connectivity index (χ2v) is 5.93. The highest BCUT2D eigenvalue weighted by Gasteiger charge is 2.46. The Labute approximate surface area is 156 Å². The molecule has 2 heterocycles. The summed E-state index contributed by atoms with van der Waals surface area (Å²) in [6, 6.07) is -2.10. The number of β-lactam (4-membered cyclic amide) rings is 1. The number of amides is 3. The van der Waals surface area contributed by atoms with Gasteiger partial charge in [0.05, 0.1) is 7.11 Å². The van der Waals surface area contributed by atoms with Crippen molar-refractivity contribution in [1.29, 1.82) is 0 Å². The van der Waals surface area contributed by atoms with E-state index in [9.17, 15) is 19.2 Å². The molecule has 1 aromatic heterocycles. The van der Waals surface area contributed by atoms with Crippen LogP contribution in [0.2, 0.25) is 0 Å². The van der Waals surface area contributed by atoms with E-state index in [0.29, 0.717) is 0 Å². The normalized spacial score (nSPS) is 19.0. The van der Waals surface area contributed by atoms with Crippen LogP contribution >= 0.6 is 22.9 Å². The van der Waals surface area contributed by atoms with Crippen molar-refractivity contribution in [1.82, 2.24) is 15.6 Å². The van der Waals surface area contributed by atoms with Crippen LogP contribution in [0, 0.1) is 0 Å². The minimum Gasteiger partial charge on any atom is -0.467 e. The number of oxime groups is 1. The predicted octanol–water partition coefficient (Wildman–Crippen LogP) is -1.17. The number of ether oxygens (including phenoxy) is 1. The molecule has 1 fully saturated rings. The van der Waals surface area contributed by atoms with Crippen LogP contribution < -0.4 is 16.0 Å². The minimum absolute atomic E-state index is 0.105. The monoisotopic (exact) mass is 403 g/mol. The van der Waals surface area contributed by atoms with Gasteiger partial charge in [-0.1, -0.05) is 5.16 Å². The molecule has 0 spiro atoms. The van der Waals surface area contributed by atoms with E-state index in [-0.39, 0.29) is 22.4 Å². The second kappa shape index (κ2) is 8.58. The molecule has 2 atom stereocenters. The molecule has 3 N–H and O–H groups in total. The molecule has 0 unspecified atom stereocenters. The smallest absolute Gasteiger partial charge is 0.331 e. The topological polar surface area (TPSA) is 148 Å². The minimum atomic E-state index is -1.11. The Morgan fingerprint density at radius 1 is 1.42 bits per heavy atom. The van der Waals surface area contributed by atoms with Crippen LogP contribution in [0.3, 0.4) is 0 Å². The molecule has 3 amide bonds. The first-order chi connectivity index (χ1) is 12.4. The van der Waals surface area contributed by atoms with Gasteiger partial charge in [-0.3, -0.25) is 14.4 Å². The van der Waals surface area contributed by atoms with Crippen molar-refractivity contribution in [2.45, 2.75) is 12.1 Å². The summed E-state index contributed by atoms with van der Waals surface area (Å²) in [6.45, 7) is 0. The fourth-order valence-corrected chi connectivity index (χ4v) is 2.73. The molecule has 0 radical (unpaired) electrons. The molecule has 26 heavy (non-hydrogen) atoms. The second-order valence-electron chi connectivity index (χ2n) is 4.80. The first kappa shape index (κ1) is 19.6. The Bertz CT molecular complexity index is 766. The van der Waals surface area contributed by atoms with Crippen LogP contribution in [0.1, 0.15) is 5.69 Å². The van der Waals surface area contributed by atoms with Gasteiger partial charge in [0, 0.05) is 5.38 Å². The third kappa shape index (κ3) is 4.26. The van der Waals surface area contributed by atoms with Gasteiger partial charge in [0.15, 0.2) is 16.9 Å². The average Bonchev–Trinajstić information content (AvgIpc) is 3.08. The molecule has 2 rings (SSSR count). The summed E-state index contributed by atoms with van der Waals surface area (Å²) < 4.78 is 4.54. The molecule has 1 saturated heterocycles. The molecular weight excluding hydrogens is 390 g/mol. The fourth-order valence-electron chi connectivity index (χ4n) is 1.95. The van der Waals surface area contributed by atoms with Gasteiger partial charge >= 0.3 is 5.97 Å². The number of anilines is 1. The van der Waals surface area contributed by atoms with Crippen LogP contribution in [0.4, 0.5) is 5.13 Å². The van der Waals surface area contributed by atoms with Crippen molar-refractivity contribution < 1.29 is 28.8 Å². The van der Waals surface area contributed by atoms with Gasteiger partial charge in [0.25, 0.3) is 5.91 Å². The number of alkyl halides is 1. The summed E-state index contributed by atoms with van der Waals surface area (Å²) >= 11 is 6.44. The highest BCUT2D eigenvalue weighted by atomic mass is 35.5. The number of methoxy groups -OCH3 is 1. The molecule has 1 aliphatic rings. The number of nitrogens with zero attached hydrogens (tertiary/aromatic N) is 2. The zero-order valence-corrected chi connectivity index (χ0v) is 15.1. The molecule has 1 aromatic rings. The Morgan fingerprint density at radius 2 is 2.15 bits per heavy atom. The summed E-state index contributed by atoms with van der Waals surface area (Å²) in [5.41, 5.74) is -0.132. The van der Waals surface area contributed by atoms with Crippen LogP contribution in [0.15, 0.2) is 10.5 Å². The molecule has 0 aliphatic carbocycles. The first-order valence-electron chi connectivity index (χ1n) is 7.03. The lowest BCUT2D eigenvalue weighted by molar-refractivity contribution is -0.153. The van der Waals surface area contributed by atoms with Crippen LogP contribution in [-0.2, 0) is 28.8 Å². The largest absolute Gasteiger partial charge is 0.467 e. The maximum atomic E-state index is 12.4. The molecule has 0 saturated carbocycles. The van der Waals surface area contributed by atoms with Crippen molar-refractivity contribution in [2.24, 2.45) is 5.16 Å². The highest BCUT2D eigenvalue weighted by molar-refractivity contribution is 7.14. The molecule has 1 aliphatic heterocycles. The van der Waals surface area contributed by atoms with E-state index in [0.717, 1.165) is 18.4 Å². The summed E-state index contributed by atoms with van der Waals surface area (Å²) in [5.74, 6) is -2.74. The predicted molar refractivity (Wildman–Crippen MR) is 90.9 cm³/mol. The highest BCUT2D eigenvalue weighted by Crippen LogP contribution is 2.17. The van der Waals surface area contributed by atoms with E-state index in [2.05, 4.69) is 35.7 Å². The Hall–Kier alpha value is -2.73. The van der Waals surface area contributed by atoms with Crippen molar-refractivity contribution in [3.05, 3.63) is 11.1 Å². The van der Waals surface area contributed by atoms with Gasteiger partial charge in [0.2, 0.25) is 11.8 Å². The molecule has 0 bridgehead atoms.